The van der Waals surface area contributed by atoms with E-state index in [9.17, 15) is 0 Å². The van der Waals surface area contributed by atoms with Crippen molar-refractivity contribution in [2.45, 2.75) is 13.5 Å². The van der Waals surface area contributed by atoms with Gasteiger partial charge in [0, 0.05) is 21.5 Å². The molecule has 5 heteroatoms. The van der Waals surface area contributed by atoms with Crippen molar-refractivity contribution in [1.29, 1.82) is 0 Å². The Morgan fingerprint density at radius 3 is 2.95 bits per heavy atom. The minimum Gasteiger partial charge on any atom is -0.383 e. The van der Waals surface area contributed by atoms with Crippen molar-refractivity contribution in [2.24, 2.45) is 0 Å². The number of aromatic nitrogens is 3. The molecule has 0 bridgehead atoms. The van der Waals surface area contributed by atoms with Gasteiger partial charge in [0.2, 0.25) is 0 Å². The monoisotopic (exact) mass is 270 g/mol. The quantitative estimate of drug-likeness (QED) is 0.796. The number of rotatable bonds is 3. The van der Waals surface area contributed by atoms with Crippen molar-refractivity contribution >= 4 is 17.2 Å². The SMILES string of the molecule is Cc1ccc(Cn2cncc2-c2cccnc2N)s1. The van der Waals surface area contributed by atoms with Crippen LogP contribution in [0.15, 0.2) is 43.0 Å². The Morgan fingerprint density at radius 2 is 2.21 bits per heavy atom. The number of thiophene rings is 1. The molecule has 0 saturated carbocycles. The van der Waals surface area contributed by atoms with Crippen LogP contribution in [0.2, 0.25) is 0 Å². The molecule has 96 valence electrons. The smallest absolute Gasteiger partial charge is 0.132 e. The number of nitrogens with two attached hydrogens (primary N) is 1. The number of imidazole rings is 1. The molecule has 3 aromatic rings. The third-order valence-corrected chi connectivity index (χ3v) is 3.93. The average molecular weight is 270 g/mol. The number of nitrogens with zero attached hydrogens (tertiary/aromatic N) is 3. The van der Waals surface area contributed by atoms with Crippen molar-refractivity contribution in [2.75, 3.05) is 5.73 Å². The Morgan fingerprint density at radius 1 is 1.32 bits per heavy atom. The van der Waals surface area contributed by atoms with Crippen LogP contribution in [0.4, 0.5) is 5.82 Å². The van der Waals surface area contributed by atoms with Gasteiger partial charge in [-0.3, -0.25) is 0 Å². The second kappa shape index (κ2) is 4.85. The number of hydrogen-bond donors (Lipinski definition) is 1. The van der Waals surface area contributed by atoms with Crippen molar-refractivity contribution in [3.8, 4) is 11.3 Å². The molecule has 0 fully saturated rings. The summed E-state index contributed by atoms with van der Waals surface area (Å²) >= 11 is 1.80. The Labute approximate surface area is 115 Å². The summed E-state index contributed by atoms with van der Waals surface area (Å²) in [6, 6.07) is 8.14. The van der Waals surface area contributed by atoms with Crippen LogP contribution in [-0.2, 0) is 6.54 Å². The number of pyridine rings is 1. The first kappa shape index (κ1) is 11.9. The largest absolute Gasteiger partial charge is 0.383 e. The van der Waals surface area contributed by atoms with Crippen LogP contribution in [0, 0.1) is 6.92 Å². The average Bonchev–Trinajstić information content (AvgIpc) is 3.00. The van der Waals surface area contributed by atoms with E-state index in [0.29, 0.717) is 5.82 Å². The maximum Gasteiger partial charge on any atom is 0.132 e. The molecule has 0 aliphatic heterocycles. The molecule has 3 heterocycles. The van der Waals surface area contributed by atoms with Gasteiger partial charge in [-0.1, -0.05) is 0 Å². The number of nitrogen functional groups attached to an aromatic ring is 1. The van der Waals surface area contributed by atoms with E-state index in [0.717, 1.165) is 17.8 Å². The van der Waals surface area contributed by atoms with Crippen LogP contribution < -0.4 is 5.73 Å². The van der Waals surface area contributed by atoms with Gasteiger partial charge in [-0.2, -0.15) is 0 Å². The molecule has 0 aliphatic carbocycles. The lowest BCUT2D eigenvalue weighted by molar-refractivity contribution is 0.817. The van der Waals surface area contributed by atoms with E-state index in [-0.39, 0.29) is 0 Å². The van der Waals surface area contributed by atoms with Crippen molar-refractivity contribution in [3.63, 3.8) is 0 Å². The van der Waals surface area contributed by atoms with Crippen LogP contribution in [0.3, 0.4) is 0 Å². The lowest BCUT2D eigenvalue weighted by Crippen LogP contribution is -2.01. The molecule has 0 spiro atoms. The molecular formula is C14H14N4S. The first-order valence-electron chi connectivity index (χ1n) is 6.00. The highest BCUT2D eigenvalue weighted by molar-refractivity contribution is 7.11. The summed E-state index contributed by atoms with van der Waals surface area (Å²) in [7, 11) is 0. The first-order valence-corrected chi connectivity index (χ1v) is 6.82. The van der Waals surface area contributed by atoms with E-state index in [2.05, 4.69) is 33.6 Å². The van der Waals surface area contributed by atoms with E-state index < -0.39 is 0 Å². The van der Waals surface area contributed by atoms with E-state index in [1.54, 1.807) is 17.5 Å². The van der Waals surface area contributed by atoms with E-state index in [4.69, 9.17) is 5.73 Å². The summed E-state index contributed by atoms with van der Waals surface area (Å²) in [6.07, 6.45) is 5.35. The summed E-state index contributed by atoms with van der Waals surface area (Å²) < 4.78 is 2.10. The summed E-state index contributed by atoms with van der Waals surface area (Å²) in [6.45, 7) is 2.92. The van der Waals surface area contributed by atoms with Crippen molar-refractivity contribution in [3.05, 3.63) is 52.7 Å². The second-order valence-electron chi connectivity index (χ2n) is 4.36. The Balaban J connectivity index is 1.97. The molecule has 0 atom stereocenters. The van der Waals surface area contributed by atoms with Crippen molar-refractivity contribution < 1.29 is 0 Å². The summed E-state index contributed by atoms with van der Waals surface area (Å²) in [5.74, 6) is 0.534. The molecule has 2 N–H and O–H groups in total. The summed E-state index contributed by atoms with van der Waals surface area (Å²) in [5, 5.41) is 0. The highest BCUT2D eigenvalue weighted by atomic mass is 32.1. The van der Waals surface area contributed by atoms with Gasteiger partial charge in [0.25, 0.3) is 0 Å². The van der Waals surface area contributed by atoms with E-state index in [1.807, 2.05) is 24.7 Å². The summed E-state index contributed by atoms with van der Waals surface area (Å²) in [5.41, 5.74) is 7.85. The normalized spacial score (nSPS) is 10.8. The second-order valence-corrected chi connectivity index (χ2v) is 5.73. The third kappa shape index (κ3) is 2.37. The Kier molecular flexibility index (Phi) is 3.05. The maximum atomic E-state index is 5.93. The summed E-state index contributed by atoms with van der Waals surface area (Å²) in [4.78, 5) is 11.0. The fourth-order valence-corrected chi connectivity index (χ4v) is 2.93. The van der Waals surface area contributed by atoms with Gasteiger partial charge in [-0.05, 0) is 31.2 Å². The van der Waals surface area contributed by atoms with Crippen LogP contribution >= 0.6 is 11.3 Å². The molecule has 0 radical (unpaired) electrons. The van der Waals surface area contributed by atoms with Crippen LogP contribution in [0.5, 0.6) is 0 Å². The molecule has 0 amide bonds. The van der Waals surface area contributed by atoms with Gasteiger partial charge in [0.05, 0.1) is 24.8 Å². The Hall–Kier alpha value is -2.14. The minimum atomic E-state index is 0.534. The van der Waals surface area contributed by atoms with Gasteiger partial charge >= 0.3 is 0 Å². The third-order valence-electron chi connectivity index (χ3n) is 2.95. The van der Waals surface area contributed by atoms with Gasteiger partial charge in [0.15, 0.2) is 0 Å². The maximum absolute atomic E-state index is 5.93. The Bertz CT molecular complexity index is 699. The van der Waals surface area contributed by atoms with Gasteiger partial charge in [-0.15, -0.1) is 11.3 Å². The lowest BCUT2D eigenvalue weighted by atomic mass is 10.2. The fraction of sp³-hybridized carbons (Fsp3) is 0.143. The zero-order valence-corrected chi connectivity index (χ0v) is 11.4. The molecule has 0 saturated heterocycles. The van der Waals surface area contributed by atoms with E-state index >= 15 is 0 Å². The van der Waals surface area contributed by atoms with E-state index in [1.165, 1.54) is 9.75 Å². The predicted molar refractivity (Wildman–Crippen MR) is 78.0 cm³/mol. The van der Waals surface area contributed by atoms with Gasteiger partial charge in [-0.25, -0.2) is 9.97 Å². The lowest BCUT2D eigenvalue weighted by Gasteiger charge is -2.08. The van der Waals surface area contributed by atoms with Crippen LogP contribution in [0.1, 0.15) is 9.75 Å². The number of anilines is 1. The zero-order chi connectivity index (χ0) is 13.2. The number of hydrogen-bond acceptors (Lipinski definition) is 4. The van der Waals surface area contributed by atoms with Crippen LogP contribution in [0.25, 0.3) is 11.3 Å². The van der Waals surface area contributed by atoms with Crippen LogP contribution in [-0.4, -0.2) is 14.5 Å². The standard InChI is InChI=1S/C14H14N4S/c1-10-4-5-11(19-10)8-18-9-16-7-13(18)12-3-2-6-17-14(12)15/h2-7,9H,8H2,1H3,(H2,15,17). The molecule has 3 aromatic heterocycles. The van der Waals surface area contributed by atoms with Crippen molar-refractivity contribution in [1.82, 2.24) is 14.5 Å². The fourth-order valence-electron chi connectivity index (χ4n) is 2.04. The van der Waals surface area contributed by atoms with Gasteiger partial charge < -0.3 is 10.3 Å². The highest BCUT2D eigenvalue weighted by Gasteiger charge is 2.09. The molecular weight excluding hydrogens is 256 g/mol. The molecule has 19 heavy (non-hydrogen) atoms. The molecule has 4 nitrogen and oxygen atoms in total. The number of aryl methyl sites for hydroxylation is 1. The molecule has 3 rings (SSSR count). The first-order chi connectivity index (χ1) is 9.24. The van der Waals surface area contributed by atoms with Gasteiger partial charge in [0.1, 0.15) is 5.82 Å². The highest BCUT2D eigenvalue weighted by Crippen LogP contribution is 2.25. The molecule has 0 aliphatic rings. The molecule has 0 aromatic carbocycles. The topological polar surface area (TPSA) is 56.7 Å². The predicted octanol–water partition coefficient (Wildman–Crippen LogP) is 2.95. The zero-order valence-electron chi connectivity index (χ0n) is 10.6. The minimum absolute atomic E-state index is 0.534. The molecule has 0 unspecified atom stereocenters.